The van der Waals surface area contributed by atoms with E-state index >= 15 is 0 Å². The predicted octanol–water partition coefficient (Wildman–Crippen LogP) is 0.326. The van der Waals surface area contributed by atoms with Crippen LogP contribution < -0.4 is 16.2 Å². The van der Waals surface area contributed by atoms with Gasteiger partial charge in [0.1, 0.15) is 5.82 Å². The van der Waals surface area contributed by atoms with Crippen LogP contribution in [0.5, 0.6) is 0 Å². The van der Waals surface area contributed by atoms with Crippen molar-refractivity contribution in [3.63, 3.8) is 0 Å². The van der Waals surface area contributed by atoms with E-state index in [4.69, 9.17) is 5.84 Å². The van der Waals surface area contributed by atoms with Gasteiger partial charge in [-0.1, -0.05) is 0 Å². The Morgan fingerprint density at radius 3 is 2.37 bits per heavy atom. The van der Waals surface area contributed by atoms with Crippen LogP contribution in [0.15, 0.2) is 24.3 Å². The highest BCUT2D eigenvalue weighted by Gasteiger charge is 2.25. The Labute approximate surface area is 112 Å². The number of piperazine rings is 1. The van der Waals surface area contributed by atoms with Crippen LogP contribution in [0.2, 0.25) is 0 Å². The second kappa shape index (κ2) is 5.99. The number of nitrogens with two attached hydrogens (primary N) is 1. The van der Waals surface area contributed by atoms with Crippen LogP contribution in [-0.4, -0.2) is 43.0 Å². The molecule has 1 amide bonds. The summed E-state index contributed by atoms with van der Waals surface area (Å²) in [5.74, 6) is 4.74. The van der Waals surface area contributed by atoms with Gasteiger partial charge in [-0.25, -0.2) is 10.2 Å². The Hall–Kier alpha value is -1.66. The van der Waals surface area contributed by atoms with Crippen molar-refractivity contribution >= 4 is 11.6 Å². The lowest BCUT2D eigenvalue weighted by Crippen LogP contribution is -2.54. The Morgan fingerprint density at radius 1 is 1.26 bits per heavy atom. The van der Waals surface area contributed by atoms with Crippen LogP contribution in [0.25, 0.3) is 0 Å². The van der Waals surface area contributed by atoms with E-state index in [0.29, 0.717) is 0 Å². The maximum atomic E-state index is 12.9. The quantitative estimate of drug-likeness (QED) is 0.470. The normalized spacial score (nSPS) is 18.2. The van der Waals surface area contributed by atoms with Crippen LogP contribution >= 0.6 is 0 Å². The van der Waals surface area contributed by atoms with Crippen LogP contribution in [0.1, 0.15) is 6.92 Å². The molecule has 1 heterocycles. The molecule has 1 aromatic carbocycles. The molecule has 0 bridgehead atoms. The van der Waals surface area contributed by atoms with Crippen molar-refractivity contribution in [2.24, 2.45) is 5.84 Å². The molecule has 1 fully saturated rings. The van der Waals surface area contributed by atoms with Gasteiger partial charge in [-0.05, 0) is 31.2 Å². The van der Waals surface area contributed by atoms with Gasteiger partial charge < -0.3 is 4.90 Å². The zero-order valence-electron chi connectivity index (χ0n) is 11.0. The molecule has 1 aromatic rings. The molecule has 19 heavy (non-hydrogen) atoms. The first-order valence-corrected chi connectivity index (χ1v) is 6.37. The third kappa shape index (κ3) is 3.21. The fourth-order valence-corrected chi connectivity index (χ4v) is 2.31. The van der Waals surface area contributed by atoms with E-state index in [9.17, 15) is 9.18 Å². The van der Waals surface area contributed by atoms with Crippen molar-refractivity contribution in [2.45, 2.75) is 13.0 Å². The van der Waals surface area contributed by atoms with Gasteiger partial charge in [0.15, 0.2) is 0 Å². The summed E-state index contributed by atoms with van der Waals surface area (Å²) >= 11 is 0. The maximum Gasteiger partial charge on any atom is 0.250 e. The molecule has 0 saturated carbocycles. The standard InChI is InChI=1S/C13H19FN4O/c1-10(13(19)16-15)17-6-8-18(9-7-17)12-4-2-11(14)3-5-12/h2-5,10H,6-9,15H2,1H3,(H,16,19)/t10-/m0/s1. The van der Waals surface area contributed by atoms with Crippen molar-refractivity contribution in [1.29, 1.82) is 0 Å². The molecule has 1 saturated heterocycles. The average molecular weight is 266 g/mol. The Bertz CT molecular complexity index is 429. The first kappa shape index (κ1) is 13.8. The molecular formula is C13H19FN4O. The molecule has 5 nitrogen and oxygen atoms in total. The first-order valence-electron chi connectivity index (χ1n) is 6.37. The van der Waals surface area contributed by atoms with Crippen LogP contribution in [-0.2, 0) is 4.79 Å². The minimum Gasteiger partial charge on any atom is -0.369 e. The van der Waals surface area contributed by atoms with Crippen LogP contribution in [0.4, 0.5) is 10.1 Å². The van der Waals surface area contributed by atoms with E-state index in [1.807, 2.05) is 6.92 Å². The zero-order chi connectivity index (χ0) is 13.8. The van der Waals surface area contributed by atoms with Crippen molar-refractivity contribution in [2.75, 3.05) is 31.1 Å². The van der Waals surface area contributed by atoms with E-state index < -0.39 is 0 Å². The van der Waals surface area contributed by atoms with Gasteiger partial charge in [-0.2, -0.15) is 0 Å². The minimum atomic E-state index is -0.226. The first-order chi connectivity index (χ1) is 9.11. The van der Waals surface area contributed by atoms with Gasteiger partial charge in [0.2, 0.25) is 0 Å². The molecule has 2 rings (SSSR count). The third-order valence-electron chi connectivity index (χ3n) is 3.58. The summed E-state index contributed by atoms with van der Waals surface area (Å²) in [7, 11) is 0. The third-order valence-corrected chi connectivity index (χ3v) is 3.58. The summed E-state index contributed by atoms with van der Waals surface area (Å²) in [6.07, 6.45) is 0. The number of hydrazine groups is 1. The Morgan fingerprint density at radius 2 is 1.84 bits per heavy atom. The number of benzene rings is 1. The maximum absolute atomic E-state index is 12.9. The van der Waals surface area contributed by atoms with Gasteiger partial charge in [-0.3, -0.25) is 15.1 Å². The highest BCUT2D eigenvalue weighted by molar-refractivity contribution is 5.80. The number of amides is 1. The summed E-state index contributed by atoms with van der Waals surface area (Å²) in [5, 5.41) is 0. The van der Waals surface area contributed by atoms with Crippen molar-refractivity contribution < 1.29 is 9.18 Å². The molecular weight excluding hydrogens is 247 g/mol. The summed E-state index contributed by atoms with van der Waals surface area (Å²) in [6, 6.07) is 6.26. The van der Waals surface area contributed by atoms with Gasteiger partial charge in [-0.15, -0.1) is 0 Å². The van der Waals surface area contributed by atoms with Crippen LogP contribution in [0.3, 0.4) is 0 Å². The molecule has 0 aromatic heterocycles. The lowest BCUT2D eigenvalue weighted by Gasteiger charge is -2.38. The molecule has 1 aliphatic rings. The highest BCUT2D eigenvalue weighted by Crippen LogP contribution is 2.17. The number of carbonyl (C=O) groups is 1. The van der Waals surface area contributed by atoms with Gasteiger partial charge in [0, 0.05) is 31.9 Å². The monoisotopic (exact) mass is 266 g/mol. The number of nitrogens with one attached hydrogen (secondary N) is 1. The summed E-state index contributed by atoms with van der Waals surface area (Å²) in [5.41, 5.74) is 3.19. The Balaban J connectivity index is 1.92. The summed E-state index contributed by atoms with van der Waals surface area (Å²) in [6.45, 7) is 5.04. The number of hydrogen-bond donors (Lipinski definition) is 2. The molecule has 0 aliphatic carbocycles. The lowest BCUT2D eigenvalue weighted by atomic mass is 10.2. The van der Waals surface area contributed by atoms with Gasteiger partial charge in [0.05, 0.1) is 6.04 Å². The number of nitrogens with zero attached hydrogens (tertiary/aromatic N) is 2. The number of halogens is 1. The molecule has 1 atom stereocenters. The summed E-state index contributed by atoms with van der Waals surface area (Å²) in [4.78, 5) is 15.7. The lowest BCUT2D eigenvalue weighted by molar-refractivity contribution is -0.126. The molecule has 0 radical (unpaired) electrons. The van der Waals surface area contributed by atoms with Gasteiger partial charge >= 0.3 is 0 Å². The van der Waals surface area contributed by atoms with Crippen molar-refractivity contribution in [1.82, 2.24) is 10.3 Å². The second-order valence-electron chi connectivity index (χ2n) is 4.68. The van der Waals surface area contributed by atoms with Crippen molar-refractivity contribution in [3.8, 4) is 0 Å². The van der Waals surface area contributed by atoms with E-state index in [1.165, 1.54) is 12.1 Å². The minimum absolute atomic E-state index is 0.171. The van der Waals surface area contributed by atoms with E-state index in [-0.39, 0.29) is 17.8 Å². The topological polar surface area (TPSA) is 61.6 Å². The van der Waals surface area contributed by atoms with E-state index in [2.05, 4.69) is 15.2 Å². The molecule has 0 spiro atoms. The fourth-order valence-electron chi connectivity index (χ4n) is 2.31. The smallest absolute Gasteiger partial charge is 0.250 e. The highest BCUT2D eigenvalue weighted by atomic mass is 19.1. The van der Waals surface area contributed by atoms with Gasteiger partial charge in [0.25, 0.3) is 5.91 Å². The Kier molecular flexibility index (Phi) is 4.34. The van der Waals surface area contributed by atoms with E-state index in [1.54, 1.807) is 12.1 Å². The molecule has 104 valence electrons. The number of anilines is 1. The number of carbonyl (C=O) groups excluding carboxylic acids is 1. The molecule has 1 aliphatic heterocycles. The molecule has 3 N–H and O–H groups in total. The van der Waals surface area contributed by atoms with Crippen molar-refractivity contribution in [3.05, 3.63) is 30.1 Å². The predicted molar refractivity (Wildman–Crippen MR) is 72.0 cm³/mol. The number of rotatable bonds is 3. The molecule has 6 heteroatoms. The average Bonchev–Trinajstić information content (AvgIpc) is 2.46. The van der Waals surface area contributed by atoms with Crippen LogP contribution in [0, 0.1) is 5.82 Å². The summed E-state index contributed by atoms with van der Waals surface area (Å²) < 4.78 is 12.9. The van der Waals surface area contributed by atoms with E-state index in [0.717, 1.165) is 31.9 Å². The molecule has 0 unspecified atom stereocenters. The number of hydrogen-bond acceptors (Lipinski definition) is 4. The zero-order valence-corrected chi connectivity index (χ0v) is 11.0. The largest absolute Gasteiger partial charge is 0.369 e. The fraction of sp³-hybridized carbons (Fsp3) is 0.462. The SMILES string of the molecule is C[C@@H](C(=O)NN)N1CCN(c2ccc(F)cc2)CC1. The second-order valence-corrected chi connectivity index (χ2v) is 4.68.